The summed E-state index contributed by atoms with van der Waals surface area (Å²) in [5.74, 6) is -0.751. The van der Waals surface area contributed by atoms with Gasteiger partial charge >= 0.3 is 0 Å². The summed E-state index contributed by atoms with van der Waals surface area (Å²) in [7, 11) is 0. The van der Waals surface area contributed by atoms with E-state index in [-0.39, 0.29) is 26.5 Å². The number of rotatable bonds is 2. The summed E-state index contributed by atoms with van der Waals surface area (Å²) < 4.78 is 0.239. The molecule has 0 spiro atoms. The average molecular weight is 248 g/mol. The lowest BCUT2D eigenvalue weighted by molar-refractivity contribution is -0.382. The standard InChI is InChI=1S/C9H4N4O3S/c10-3-4-1-5-7(6(2-4)13(15)16)17-9(12-5)8(11)14/h1-2H,(H2,11,14). The molecule has 0 radical (unpaired) electrons. The van der Waals surface area contributed by atoms with E-state index in [2.05, 4.69) is 4.98 Å². The first-order valence-electron chi connectivity index (χ1n) is 4.32. The van der Waals surface area contributed by atoms with Gasteiger partial charge in [0, 0.05) is 6.07 Å². The van der Waals surface area contributed by atoms with Gasteiger partial charge in [0.25, 0.3) is 11.6 Å². The second kappa shape index (κ2) is 3.80. The number of carbonyl (C=O) groups excluding carboxylic acids is 1. The average Bonchev–Trinajstić information content (AvgIpc) is 2.70. The van der Waals surface area contributed by atoms with Crippen LogP contribution in [-0.4, -0.2) is 15.8 Å². The van der Waals surface area contributed by atoms with Crippen LogP contribution < -0.4 is 5.73 Å². The molecule has 0 aliphatic heterocycles. The fourth-order valence-electron chi connectivity index (χ4n) is 1.32. The van der Waals surface area contributed by atoms with E-state index in [0.29, 0.717) is 0 Å². The molecule has 1 aromatic carbocycles. The Hall–Kier alpha value is -2.53. The van der Waals surface area contributed by atoms with Gasteiger partial charge in [-0.15, -0.1) is 11.3 Å². The third-order valence-corrected chi connectivity index (χ3v) is 3.12. The van der Waals surface area contributed by atoms with Crippen LogP contribution in [0.1, 0.15) is 15.4 Å². The fraction of sp³-hybridized carbons (Fsp3) is 0. The number of non-ortho nitro benzene ring substituents is 1. The number of nitro groups is 1. The van der Waals surface area contributed by atoms with Gasteiger partial charge in [-0.1, -0.05) is 0 Å². The maximum atomic E-state index is 10.9. The van der Waals surface area contributed by atoms with Crippen molar-refractivity contribution in [3.8, 4) is 6.07 Å². The van der Waals surface area contributed by atoms with Gasteiger partial charge in [-0.3, -0.25) is 14.9 Å². The number of primary amides is 1. The molecule has 0 aliphatic rings. The number of nitrogens with two attached hydrogens (primary N) is 1. The van der Waals surface area contributed by atoms with Crippen molar-refractivity contribution in [1.29, 1.82) is 5.26 Å². The van der Waals surface area contributed by atoms with Crippen molar-refractivity contribution in [2.45, 2.75) is 0 Å². The lowest BCUT2D eigenvalue weighted by Crippen LogP contribution is -2.09. The first kappa shape index (κ1) is 11.0. The maximum Gasteiger partial charge on any atom is 0.290 e. The summed E-state index contributed by atoms with van der Waals surface area (Å²) in [6.45, 7) is 0. The lowest BCUT2D eigenvalue weighted by atomic mass is 10.2. The van der Waals surface area contributed by atoms with Gasteiger partial charge in [0.15, 0.2) is 5.01 Å². The van der Waals surface area contributed by atoms with Crippen molar-refractivity contribution in [3.63, 3.8) is 0 Å². The number of nitro benzene ring substituents is 1. The molecular formula is C9H4N4O3S. The zero-order valence-electron chi connectivity index (χ0n) is 8.21. The molecule has 1 amide bonds. The molecule has 8 heteroatoms. The Balaban J connectivity index is 2.83. The highest BCUT2D eigenvalue weighted by Crippen LogP contribution is 2.32. The molecule has 7 nitrogen and oxygen atoms in total. The smallest absolute Gasteiger partial charge is 0.290 e. The number of thiazole rings is 1. The number of nitrogens with zero attached hydrogens (tertiary/aromatic N) is 3. The van der Waals surface area contributed by atoms with Crippen molar-refractivity contribution >= 4 is 33.1 Å². The van der Waals surface area contributed by atoms with E-state index in [1.165, 1.54) is 6.07 Å². The molecule has 0 saturated heterocycles. The number of carbonyl (C=O) groups is 1. The van der Waals surface area contributed by atoms with Gasteiger partial charge in [-0.25, -0.2) is 4.98 Å². The Morgan fingerprint density at radius 2 is 2.29 bits per heavy atom. The van der Waals surface area contributed by atoms with Crippen LogP contribution in [0.3, 0.4) is 0 Å². The zero-order chi connectivity index (χ0) is 12.6. The first-order valence-corrected chi connectivity index (χ1v) is 5.13. The van der Waals surface area contributed by atoms with Crippen molar-refractivity contribution in [2.24, 2.45) is 5.73 Å². The third kappa shape index (κ3) is 1.79. The van der Waals surface area contributed by atoms with E-state index in [4.69, 9.17) is 11.0 Å². The molecule has 1 heterocycles. The topological polar surface area (TPSA) is 123 Å². The molecule has 0 aliphatic carbocycles. The highest BCUT2D eigenvalue weighted by molar-refractivity contribution is 7.20. The predicted molar refractivity (Wildman–Crippen MR) is 59.5 cm³/mol. The van der Waals surface area contributed by atoms with Crippen molar-refractivity contribution in [3.05, 3.63) is 32.8 Å². The lowest BCUT2D eigenvalue weighted by Gasteiger charge is -1.93. The normalized spacial score (nSPS) is 10.1. The molecule has 84 valence electrons. The van der Waals surface area contributed by atoms with Crippen molar-refractivity contribution in [1.82, 2.24) is 4.98 Å². The summed E-state index contributed by atoms with van der Waals surface area (Å²) in [5.41, 5.74) is 5.15. The van der Waals surface area contributed by atoms with E-state index in [1.807, 2.05) is 0 Å². The zero-order valence-corrected chi connectivity index (χ0v) is 9.02. The summed E-state index contributed by atoms with van der Waals surface area (Å²) in [6.07, 6.45) is 0. The molecule has 2 aromatic rings. The monoisotopic (exact) mass is 248 g/mol. The molecule has 0 bridgehead atoms. The number of amides is 1. The van der Waals surface area contributed by atoms with E-state index in [9.17, 15) is 14.9 Å². The Morgan fingerprint density at radius 3 is 2.82 bits per heavy atom. The quantitative estimate of drug-likeness (QED) is 0.631. The van der Waals surface area contributed by atoms with E-state index >= 15 is 0 Å². The summed E-state index contributed by atoms with van der Waals surface area (Å²) in [4.78, 5) is 25.0. The molecule has 17 heavy (non-hydrogen) atoms. The number of aromatic nitrogens is 1. The van der Waals surface area contributed by atoms with Crippen LogP contribution in [0.5, 0.6) is 0 Å². The van der Waals surface area contributed by atoms with E-state index in [0.717, 1.165) is 17.4 Å². The predicted octanol–water partition coefficient (Wildman–Crippen LogP) is 1.18. The van der Waals surface area contributed by atoms with Gasteiger partial charge in [-0.2, -0.15) is 5.26 Å². The SMILES string of the molecule is N#Cc1cc([N+](=O)[O-])c2sc(C(N)=O)nc2c1. The molecular weight excluding hydrogens is 244 g/mol. The van der Waals surface area contributed by atoms with Gasteiger partial charge in [0.05, 0.1) is 22.1 Å². The molecule has 0 atom stereocenters. The van der Waals surface area contributed by atoms with Crippen LogP contribution >= 0.6 is 11.3 Å². The Bertz CT molecular complexity index is 685. The van der Waals surface area contributed by atoms with Gasteiger partial charge in [0.2, 0.25) is 0 Å². The van der Waals surface area contributed by atoms with Gasteiger partial charge in [0.1, 0.15) is 4.70 Å². The van der Waals surface area contributed by atoms with Crippen LogP contribution in [-0.2, 0) is 0 Å². The summed E-state index contributed by atoms with van der Waals surface area (Å²) in [6, 6.07) is 4.32. The second-order valence-electron chi connectivity index (χ2n) is 3.10. The number of hydrogen-bond donors (Lipinski definition) is 1. The van der Waals surface area contributed by atoms with Gasteiger partial charge in [-0.05, 0) is 6.07 Å². The highest BCUT2D eigenvalue weighted by Gasteiger charge is 2.19. The molecule has 0 saturated carbocycles. The molecule has 0 fully saturated rings. The number of hydrogen-bond acceptors (Lipinski definition) is 6. The van der Waals surface area contributed by atoms with Crippen LogP contribution in [0.4, 0.5) is 5.69 Å². The van der Waals surface area contributed by atoms with E-state index < -0.39 is 10.8 Å². The maximum absolute atomic E-state index is 10.9. The number of fused-ring (bicyclic) bond motifs is 1. The molecule has 2 rings (SSSR count). The highest BCUT2D eigenvalue weighted by atomic mass is 32.1. The van der Waals surface area contributed by atoms with Crippen LogP contribution in [0.15, 0.2) is 12.1 Å². The Labute approximate surface area is 98.2 Å². The van der Waals surface area contributed by atoms with Crippen LogP contribution in [0.2, 0.25) is 0 Å². The Morgan fingerprint density at radius 1 is 1.59 bits per heavy atom. The van der Waals surface area contributed by atoms with Crippen LogP contribution in [0, 0.1) is 21.4 Å². The van der Waals surface area contributed by atoms with Gasteiger partial charge < -0.3 is 5.73 Å². The summed E-state index contributed by atoms with van der Waals surface area (Å²) in [5, 5.41) is 19.5. The molecule has 2 N–H and O–H groups in total. The minimum Gasteiger partial charge on any atom is -0.364 e. The molecule has 0 unspecified atom stereocenters. The van der Waals surface area contributed by atoms with E-state index in [1.54, 1.807) is 6.07 Å². The van der Waals surface area contributed by atoms with Crippen molar-refractivity contribution < 1.29 is 9.72 Å². The number of benzene rings is 1. The summed E-state index contributed by atoms with van der Waals surface area (Å²) >= 11 is 0.843. The second-order valence-corrected chi connectivity index (χ2v) is 4.09. The fourth-order valence-corrected chi connectivity index (χ4v) is 2.21. The first-order chi connectivity index (χ1) is 8.02. The van der Waals surface area contributed by atoms with Crippen molar-refractivity contribution in [2.75, 3.05) is 0 Å². The molecule has 1 aromatic heterocycles. The largest absolute Gasteiger partial charge is 0.364 e. The Kier molecular flexibility index (Phi) is 2.45. The van der Waals surface area contributed by atoms with Crippen LogP contribution in [0.25, 0.3) is 10.2 Å². The minimum atomic E-state index is -0.751. The number of nitriles is 1. The third-order valence-electron chi connectivity index (χ3n) is 2.01. The minimum absolute atomic E-state index is 0.0156.